The van der Waals surface area contributed by atoms with Crippen LogP contribution in [0.15, 0.2) is 132 Å². The van der Waals surface area contributed by atoms with Crippen molar-refractivity contribution in [3.05, 3.63) is 133 Å². The fourth-order valence-electron chi connectivity index (χ4n) is 6.00. The molecule has 40 heavy (non-hydrogen) atoms. The number of hydrogen-bond donors (Lipinski definition) is 0. The Morgan fingerprint density at radius 3 is 2.12 bits per heavy atom. The Hall–Kier alpha value is -5.17. The van der Waals surface area contributed by atoms with Gasteiger partial charge in [0.15, 0.2) is 0 Å². The van der Waals surface area contributed by atoms with Crippen LogP contribution in [0.5, 0.6) is 0 Å². The van der Waals surface area contributed by atoms with Crippen molar-refractivity contribution in [2.75, 3.05) is 0 Å². The Labute approximate surface area is 235 Å². The molecule has 0 aliphatic rings. The Balaban J connectivity index is 1.45. The topological polar surface area (TPSA) is 36.9 Å². The van der Waals surface area contributed by atoms with Gasteiger partial charge in [0.05, 0.1) is 11.6 Å². The van der Waals surface area contributed by atoms with Crippen molar-refractivity contribution in [3.8, 4) is 39.4 Å². The van der Waals surface area contributed by atoms with Crippen LogP contribution in [0.4, 0.5) is 0 Å². The van der Waals surface area contributed by atoms with E-state index in [2.05, 4.69) is 97.1 Å². The summed E-state index contributed by atoms with van der Waals surface area (Å²) in [5.74, 6) is 0. The highest BCUT2D eigenvalue weighted by Gasteiger charge is 2.19. The Morgan fingerprint density at radius 1 is 0.500 bits per heavy atom. The van der Waals surface area contributed by atoms with Gasteiger partial charge in [-0.25, -0.2) is 0 Å². The fourth-order valence-corrected chi connectivity index (χ4v) is 7.13. The van der Waals surface area contributed by atoms with Gasteiger partial charge in [-0.1, -0.05) is 91.0 Å². The van der Waals surface area contributed by atoms with Crippen LogP contribution in [0, 0.1) is 11.3 Å². The average molecular weight is 528 g/mol. The van der Waals surface area contributed by atoms with Crippen LogP contribution in [0.3, 0.4) is 0 Å². The standard InChI is InChI=1S/C37H21NOS/c38-22-24-9-1-2-10-25(24)31-21-23(26-13-7-16-33-36(26)29-11-3-5-15-32(29)39-33)19-20-27(31)28-14-8-18-35-37(28)30-12-4-6-17-34(30)40-35/h1-21H. The van der Waals surface area contributed by atoms with Crippen LogP contribution in [-0.4, -0.2) is 0 Å². The van der Waals surface area contributed by atoms with Crippen LogP contribution in [0.2, 0.25) is 0 Å². The zero-order valence-electron chi connectivity index (χ0n) is 21.4. The SMILES string of the molecule is N#Cc1ccccc1-c1cc(-c2cccc3oc4ccccc4c23)ccc1-c1cccc2sc3ccccc3c12. The van der Waals surface area contributed by atoms with Gasteiger partial charge < -0.3 is 4.42 Å². The maximum absolute atomic E-state index is 10.1. The zero-order chi connectivity index (χ0) is 26.6. The Morgan fingerprint density at radius 2 is 1.20 bits per heavy atom. The number of benzene rings is 6. The molecule has 0 radical (unpaired) electrons. The van der Waals surface area contributed by atoms with Crippen molar-refractivity contribution in [3.63, 3.8) is 0 Å². The van der Waals surface area contributed by atoms with E-state index in [1.807, 2.05) is 47.7 Å². The molecule has 0 bridgehead atoms. The summed E-state index contributed by atoms with van der Waals surface area (Å²) < 4.78 is 8.74. The lowest BCUT2D eigenvalue weighted by molar-refractivity contribution is 0.669. The molecule has 0 aliphatic carbocycles. The number of hydrogen-bond acceptors (Lipinski definition) is 3. The predicted molar refractivity (Wildman–Crippen MR) is 168 cm³/mol. The van der Waals surface area contributed by atoms with E-state index >= 15 is 0 Å². The molecule has 0 amide bonds. The van der Waals surface area contributed by atoms with Crippen molar-refractivity contribution >= 4 is 53.4 Å². The molecular formula is C37H21NOS. The van der Waals surface area contributed by atoms with E-state index < -0.39 is 0 Å². The minimum Gasteiger partial charge on any atom is -0.456 e. The Kier molecular flexibility index (Phi) is 5.10. The van der Waals surface area contributed by atoms with Crippen LogP contribution >= 0.6 is 11.3 Å². The van der Waals surface area contributed by atoms with Crippen molar-refractivity contribution in [1.29, 1.82) is 5.26 Å². The van der Waals surface area contributed by atoms with Gasteiger partial charge in [-0.3, -0.25) is 0 Å². The van der Waals surface area contributed by atoms with E-state index in [-0.39, 0.29) is 0 Å². The number of fused-ring (bicyclic) bond motifs is 6. The molecule has 0 atom stereocenters. The lowest BCUT2D eigenvalue weighted by Crippen LogP contribution is -1.91. The maximum atomic E-state index is 10.1. The summed E-state index contributed by atoms with van der Waals surface area (Å²) in [4.78, 5) is 0. The van der Waals surface area contributed by atoms with Gasteiger partial charge in [-0.15, -0.1) is 11.3 Å². The summed E-state index contributed by atoms with van der Waals surface area (Å²) in [6.45, 7) is 0. The molecule has 0 spiro atoms. The molecule has 3 heteroatoms. The summed E-state index contributed by atoms with van der Waals surface area (Å²) in [6, 6.07) is 46.6. The minimum atomic E-state index is 0.662. The number of furan rings is 1. The average Bonchev–Trinajstić information content (AvgIpc) is 3.59. The second-order valence-electron chi connectivity index (χ2n) is 9.97. The molecule has 6 aromatic carbocycles. The van der Waals surface area contributed by atoms with E-state index in [4.69, 9.17) is 4.42 Å². The molecule has 0 fully saturated rings. The van der Waals surface area contributed by atoms with Crippen LogP contribution in [0.1, 0.15) is 5.56 Å². The molecule has 0 saturated carbocycles. The van der Waals surface area contributed by atoms with Gasteiger partial charge >= 0.3 is 0 Å². The Bertz CT molecular complexity index is 2300. The monoisotopic (exact) mass is 527 g/mol. The van der Waals surface area contributed by atoms with Crippen molar-refractivity contribution < 1.29 is 4.42 Å². The molecule has 0 N–H and O–H groups in total. The highest BCUT2D eigenvalue weighted by atomic mass is 32.1. The first-order chi connectivity index (χ1) is 19.8. The number of para-hydroxylation sites is 1. The number of rotatable bonds is 3. The molecule has 186 valence electrons. The maximum Gasteiger partial charge on any atom is 0.136 e. The molecule has 8 rings (SSSR count). The first kappa shape index (κ1) is 22.8. The smallest absolute Gasteiger partial charge is 0.136 e. The van der Waals surface area contributed by atoms with Gasteiger partial charge in [-0.05, 0) is 64.2 Å². The van der Waals surface area contributed by atoms with Gasteiger partial charge in [0.25, 0.3) is 0 Å². The third kappa shape index (κ3) is 3.41. The van der Waals surface area contributed by atoms with Crippen LogP contribution < -0.4 is 0 Å². The largest absolute Gasteiger partial charge is 0.456 e. The number of nitriles is 1. The molecule has 0 saturated heterocycles. The quantitative estimate of drug-likeness (QED) is 0.229. The van der Waals surface area contributed by atoms with Crippen molar-refractivity contribution in [2.45, 2.75) is 0 Å². The van der Waals surface area contributed by atoms with Gasteiger partial charge in [0.2, 0.25) is 0 Å². The zero-order valence-corrected chi connectivity index (χ0v) is 22.2. The molecule has 0 aliphatic heterocycles. The van der Waals surface area contributed by atoms with E-state index in [0.29, 0.717) is 5.56 Å². The first-order valence-electron chi connectivity index (χ1n) is 13.2. The molecule has 2 aromatic heterocycles. The van der Waals surface area contributed by atoms with E-state index in [1.54, 1.807) is 0 Å². The van der Waals surface area contributed by atoms with E-state index in [0.717, 1.165) is 49.8 Å². The molecule has 0 unspecified atom stereocenters. The summed E-state index contributed by atoms with van der Waals surface area (Å²) in [5.41, 5.74) is 8.89. The van der Waals surface area contributed by atoms with Crippen LogP contribution in [-0.2, 0) is 0 Å². The second kappa shape index (κ2) is 8.95. The summed E-state index contributed by atoms with van der Waals surface area (Å²) >= 11 is 1.82. The third-order valence-electron chi connectivity index (χ3n) is 7.76. The fraction of sp³-hybridized carbons (Fsp3) is 0. The molecular weight excluding hydrogens is 506 g/mol. The minimum absolute atomic E-state index is 0.662. The van der Waals surface area contributed by atoms with Gasteiger partial charge in [-0.2, -0.15) is 5.26 Å². The van der Waals surface area contributed by atoms with Crippen LogP contribution in [0.25, 0.3) is 75.5 Å². The third-order valence-corrected chi connectivity index (χ3v) is 8.90. The number of nitrogens with zero attached hydrogens (tertiary/aromatic N) is 1. The highest BCUT2D eigenvalue weighted by Crippen LogP contribution is 2.45. The number of thiophene rings is 1. The summed E-state index contributed by atoms with van der Waals surface area (Å²) in [6.07, 6.45) is 0. The highest BCUT2D eigenvalue weighted by molar-refractivity contribution is 7.25. The van der Waals surface area contributed by atoms with Crippen molar-refractivity contribution in [1.82, 2.24) is 0 Å². The molecule has 8 aromatic rings. The molecule has 2 heterocycles. The first-order valence-corrected chi connectivity index (χ1v) is 14.1. The van der Waals surface area contributed by atoms with E-state index in [1.165, 1.54) is 25.7 Å². The summed E-state index contributed by atoms with van der Waals surface area (Å²) in [5, 5.41) is 14.8. The normalized spacial score (nSPS) is 11.5. The van der Waals surface area contributed by atoms with Gasteiger partial charge in [0, 0.05) is 36.5 Å². The second-order valence-corrected chi connectivity index (χ2v) is 11.1. The van der Waals surface area contributed by atoms with E-state index in [9.17, 15) is 5.26 Å². The lowest BCUT2D eigenvalue weighted by Gasteiger charge is -2.16. The predicted octanol–water partition coefficient (Wildman–Crippen LogP) is 10.8. The lowest BCUT2D eigenvalue weighted by atomic mass is 9.87. The summed E-state index contributed by atoms with van der Waals surface area (Å²) in [7, 11) is 0. The van der Waals surface area contributed by atoms with Crippen molar-refractivity contribution in [2.24, 2.45) is 0 Å². The molecule has 2 nitrogen and oxygen atoms in total. The van der Waals surface area contributed by atoms with Gasteiger partial charge in [0.1, 0.15) is 11.2 Å².